The maximum absolute atomic E-state index is 13.4. The lowest BCUT2D eigenvalue weighted by atomic mass is 9.95. The highest BCUT2D eigenvalue weighted by atomic mass is 16.2. The molecule has 1 atom stereocenters. The Kier molecular flexibility index (Phi) is 5.67. The first-order valence-corrected chi connectivity index (χ1v) is 10.6. The van der Waals surface area contributed by atoms with Crippen LogP contribution >= 0.6 is 0 Å². The number of hydrogen-bond donors (Lipinski definition) is 1. The van der Waals surface area contributed by atoms with Gasteiger partial charge in [0.05, 0.1) is 6.04 Å². The van der Waals surface area contributed by atoms with E-state index in [1.165, 1.54) is 11.1 Å². The number of nitrogens with one attached hydrogen (secondary N) is 1. The molecule has 5 nitrogen and oxygen atoms in total. The predicted octanol–water partition coefficient (Wildman–Crippen LogP) is 3.66. The van der Waals surface area contributed by atoms with Gasteiger partial charge in [-0.1, -0.05) is 24.3 Å². The molecule has 4 rings (SSSR count). The zero-order valence-corrected chi connectivity index (χ0v) is 17.2. The number of benzene rings is 2. The molecule has 0 radical (unpaired) electrons. The molecule has 0 aliphatic carbocycles. The second-order valence-corrected chi connectivity index (χ2v) is 8.23. The third-order valence-corrected chi connectivity index (χ3v) is 5.90. The first-order chi connectivity index (χ1) is 14.0. The normalized spacial score (nSPS) is 19.2. The van der Waals surface area contributed by atoms with Gasteiger partial charge in [-0.2, -0.15) is 0 Å². The van der Waals surface area contributed by atoms with E-state index in [-0.39, 0.29) is 23.9 Å². The van der Waals surface area contributed by atoms with Crippen LogP contribution in [0.4, 0.5) is 11.4 Å². The van der Waals surface area contributed by atoms with Gasteiger partial charge in [0.25, 0.3) is 0 Å². The fraction of sp³-hybridized carbons (Fsp3) is 0.417. The van der Waals surface area contributed by atoms with Crippen molar-refractivity contribution in [2.45, 2.75) is 58.2 Å². The second kappa shape index (κ2) is 8.37. The summed E-state index contributed by atoms with van der Waals surface area (Å²) in [5, 5.41) is 3.40. The van der Waals surface area contributed by atoms with Crippen molar-refractivity contribution in [1.82, 2.24) is 5.32 Å². The summed E-state index contributed by atoms with van der Waals surface area (Å²) in [5.41, 5.74) is 4.30. The molecule has 2 aliphatic rings. The first-order valence-electron chi connectivity index (χ1n) is 10.6. The van der Waals surface area contributed by atoms with Crippen LogP contribution in [0.3, 0.4) is 0 Å². The van der Waals surface area contributed by atoms with Gasteiger partial charge in [0.15, 0.2) is 0 Å². The fourth-order valence-electron chi connectivity index (χ4n) is 4.35. The molecule has 0 aromatic heterocycles. The summed E-state index contributed by atoms with van der Waals surface area (Å²) in [5.74, 6) is 0.280. The van der Waals surface area contributed by atoms with Gasteiger partial charge in [0.1, 0.15) is 0 Å². The molecule has 5 heteroatoms. The second-order valence-electron chi connectivity index (χ2n) is 8.23. The Hall–Kier alpha value is -2.66. The Balaban J connectivity index is 1.53. The van der Waals surface area contributed by atoms with Gasteiger partial charge in [-0.3, -0.25) is 9.59 Å². The van der Waals surface area contributed by atoms with Crippen molar-refractivity contribution in [2.24, 2.45) is 0 Å². The molecule has 152 valence electrons. The summed E-state index contributed by atoms with van der Waals surface area (Å²) in [7, 11) is 0. The van der Waals surface area contributed by atoms with Crippen LogP contribution in [0, 0.1) is 0 Å². The molecular weight excluding hydrogens is 362 g/mol. The third-order valence-electron chi connectivity index (χ3n) is 5.90. The van der Waals surface area contributed by atoms with Gasteiger partial charge in [-0.25, -0.2) is 0 Å². The fourth-order valence-corrected chi connectivity index (χ4v) is 4.35. The summed E-state index contributed by atoms with van der Waals surface area (Å²) >= 11 is 0. The first kappa shape index (κ1) is 19.6. The van der Waals surface area contributed by atoms with Gasteiger partial charge in [-0.15, -0.1) is 0 Å². The Morgan fingerprint density at radius 2 is 1.79 bits per heavy atom. The Labute approximate surface area is 172 Å². The SMILES string of the molecule is CC(C)N(C(=O)[C@@H]1Cc2ccccc2CN1)c1ccc(N2CCCCC2=O)cc1. The molecule has 2 amide bonds. The minimum absolute atomic E-state index is 0.0453. The molecule has 1 saturated heterocycles. The molecule has 29 heavy (non-hydrogen) atoms. The third kappa shape index (κ3) is 4.06. The minimum atomic E-state index is -0.226. The summed E-state index contributed by atoms with van der Waals surface area (Å²) in [4.78, 5) is 29.3. The summed E-state index contributed by atoms with van der Waals surface area (Å²) in [6.45, 7) is 5.57. The van der Waals surface area contributed by atoms with Crippen LogP contribution in [-0.4, -0.2) is 30.4 Å². The number of anilines is 2. The molecule has 0 unspecified atom stereocenters. The molecule has 1 fully saturated rings. The highest BCUT2D eigenvalue weighted by Crippen LogP contribution is 2.27. The predicted molar refractivity (Wildman–Crippen MR) is 116 cm³/mol. The van der Waals surface area contributed by atoms with E-state index in [4.69, 9.17) is 0 Å². The smallest absolute Gasteiger partial charge is 0.244 e. The Morgan fingerprint density at radius 3 is 2.48 bits per heavy atom. The van der Waals surface area contributed by atoms with Gasteiger partial charge in [0.2, 0.25) is 11.8 Å². The van der Waals surface area contributed by atoms with Crippen molar-refractivity contribution in [3.05, 3.63) is 59.7 Å². The van der Waals surface area contributed by atoms with Crippen molar-refractivity contribution in [2.75, 3.05) is 16.3 Å². The average molecular weight is 392 g/mol. The topological polar surface area (TPSA) is 52.7 Å². The molecule has 2 aromatic carbocycles. The van der Waals surface area contributed by atoms with Crippen LogP contribution in [0.25, 0.3) is 0 Å². The summed E-state index contributed by atoms with van der Waals surface area (Å²) < 4.78 is 0. The maximum Gasteiger partial charge on any atom is 0.244 e. The number of fused-ring (bicyclic) bond motifs is 1. The van der Waals surface area contributed by atoms with E-state index in [1.54, 1.807) is 0 Å². The van der Waals surface area contributed by atoms with Crippen molar-refractivity contribution in [3.8, 4) is 0 Å². The number of carbonyl (C=O) groups excluding carboxylic acids is 2. The van der Waals surface area contributed by atoms with Crippen LogP contribution in [0.1, 0.15) is 44.2 Å². The molecule has 2 aromatic rings. The maximum atomic E-state index is 13.4. The lowest BCUT2D eigenvalue weighted by Gasteiger charge is -2.34. The van der Waals surface area contributed by atoms with Crippen LogP contribution < -0.4 is 15.1 Å². The number of piperidine rings is 1. The minimum Gasteiger partial charge on any atom is -0.312 e. The molecule has 0 bridgehead atoms. The quantitative estimate of drug-likeness (QED) is 0.865. The van der Waals surface area contributed by atoms with Crippen LogP contribution in [-0.2, 0) is 22.6 Å². The zero-order chi connectivity index (χ0) is 20.4. The summed E-state index contributed by atoms with van der Waals surface area (Å²) in [6.07, 6.45) is 3.34. The van der Waals surface area contributed by atoms with Crippen LogP contribution in [0.5, 0.6) is 0 Å². The Morgan fingerprint density at radius 1 is 1.07 bits per heavy atom. The lowest BCUT2D eigenvalue weighted by Crippen LogP contribution is -2.51. The van der Waals surface area contributed by atoms with Crippen molar-refractivity contribution in [1.29, 1.82) is 0 Å². The highest BCUT2D eigenvalue weighted by Gasteiger charge is 2.30. The standard InChI is InChI=1S/C24H29N3O2/c1-17(2)27(24(29)22-15-18-7-3-4-8-19(18)16-25-22)21-12-10-20(11-13-21)26-14-6-5-9-23(26)28/h3-4,7-8,10-13,17,22,25H,5-6,9,14-16H2,1-2H3/t22-/m0/s1. The van der Waals surface area contributed by atoms with E-state index in [2.05, 4.69) is 17.4 Å². The Bertz CT molecular complexity index is 891. The molecule has 2 heterocycles. The number of carbonyl (C=O) groups is 2. The van der Waals surface area contributed by atoms with Crippen LogP contribution in [0.2, 0.25) is 0 Å². The van der Waals surface area contributed by atoms with E-state index in [1.807, 2.05) is 60.0 Å². The van der Waals surface area contributed by atoms with Gasteiger partial charge in [0, 0.05) is 36.9 Å². The molecule has 1 N–H and O–H groups in total. The van der Waals surface area contributed by atoms with E-state index >= 15 is 0 Å². The molecule has 0 saturated carbocycles. The average Bonchev–Trinajstić information content (AvgIpc) is 2.74. The van der Waals surface area contributed by atoms with Gasteiger partial charge < -0.3 is 15.1 Å². The number of nitrogens with zero attached hydrogens (tertiary/aromatic N) is 2. The van der Waals surface area contributed by atoms with Gasteiger partial charge in [-0.05, 0) is 68.5 Å². The monoisotopic (exact) mass is 391 g/mol. The zero-order valence-electron chi connectivity index (χ0n) is 17.2. The van der Waals surface area contributed by atoms with E-state index in [0.717, 1.165) is 30.8 Å². The molecule has 2 aliphatic heterocycles. The number of amides is 2. The van der Waals surface area contributed by atoms with E-state index in [0.29, 0.717) is 19.4 Å². The van der Waals surface area contributed by atoms with Crippen molar-refractivity contribution < 1.29 is 9.59 Å². The summed E-state index contributed by atoms with van der Waals surface area (Å²) in [6, 6.07) is 16.0. The number of hydrogen-bond acceptors (Lipinski definition) is 3. The van der Waals surface area contributed by atoms with Crippen molar-refractivity contribution in [3.63, 3.8) is 0 Å². The lowest BCUT2D eigenvalue weighted by molar-refractivity contribution is -0.121. The van der Waals surface area contributed by atoms with E-state index < -0.39 is 0 Å². The molecule has 0 spiro atoms. The largest absolute Gasteiger partial charge is 0.312 e. The highest BCUT2D eigenvalue weighted by molar-refractivity contribution is 5.99. The van der Waals surface area contributed by atoms with Crippen LogP contribution in [0.15, 0.2) is 48.5 Å². The van der Waals surface area contributed by atoms with E-state index in [9.17, 15) is 9.59 Å². The molecular formula is C24H29N3O2. The van der Waals surface area contributed by atoms with Crippen molar-refractivity contribution >= 4 is 23.2 Å². The number of rotatable bonds is 4. The van der Waals surface area contributed by atoms with Gasteiger partial charge >= 0.3 is 0 Å².